The van der Waals surface area contributed by atoms with Crippen LogP contribution in [0.2, 0.25) is 0 Å². The average molecular weight is 385 g/mol. The summed E-state index contributed by atoms with van der Waals surface area (Å²) in [6, 6.07) is 13.9. The first-order valence-electron chi connectivity index (χ1n) is 7.20. The standard InChI is InChI=1S/C17H13BrN4S/c1-11-17(21-13-7-3-2-6-12(13)19-11)23-10-14-16(18)22-9-5-4-8-15(22)20-14/h2-9H,10H2,1H3. The van der Waals surface area contributed by atoms with Gasteiger partial charge in [0.05, 0.1) is 22.4 Å². The molecule has 0 aliphatic rings. The second-order valence-electron chi connectivity index (χ2n) is 5.17. The van der Waals surface area contributed by atoms with E-state index in [0.29, 0.717) is 0 Å². The van der Waals surface area contributed by atoms with Crippen LogP contribution in [0.5, 0.6) is 0 Å². The molecule has 6 heteroatoms. The lowest BCUT2D eigenvalue weighted by atomic mass is 10.3. The highest BCUT2D eigenvalue weighted by Gasteiger charge is 2.12. The Labute approximate surface area is 146 Å². The maximum atomic E-state index is 4.72. The molecule has 4 nitrogen and oxygen atoms in total. The molecule has 0 N–H and O–H groups in total. The van der Waals surface area contributed by atoms with Crippen molar-refractivity contribution in [3.63, 3.8) is 0 Å². The minimum Gasteiger partial charge on any atom is -0.294 e. The molecule has 4 rings (SSSR count). The number of hydrogen-bond acceptors (Lipinski definition) is 4. The number of halogens is 1. The second-order valence-corrected chi connectivity index (χ2v) is 6.88. The van der Waals surface area contributed by atoms with Gasteiger partial charge in [-0.2, -0.15) is 0 Å². The summed E-state index contributed by atoms with van der Waals surface area (Å²) in [4.78, 5) is 14.0. The third kappa shape index (κ3) is 2.72. The van der Waals surface area contributed by atoms with E-state index in [0.717, 1.165) is 43.5 Å². The van der Waals surface area contributed by atoms with E-state index in [9.17, 15) is 0 Å². The van der Waals surface area contributed by atoms with Crippen molar-refractivity contribution >= 4 is 44.4 Å². The van der Waals surface area contributed by atoms with Gasteiger partial charge < -0.3 is 0 Å². The Morgan fingerprint density at radius 3 is 2.52 bits per heavy atom. The van der Waals surface area contributed by atoms with Crippen LogP contribution in [0.3, 0.4) is 0 Å². The summed E-state index contributed by atoms with van der Waals surface area (Å²) >= 11 is 5.30. The lowest BCUT2D eigenvalue weighted by molar-refractivity contribution is 1.04. The Kier molecular flexibility index (Phi) is 3.79. The van der Waals surface area contributed by atoms with Gasteiger partial charge in [0.15, 0.2) is 0 Å². The first-order chi connectivity index (χ1) is 11.2. The quantitative estimate of drug-likeness (QED) is 0.482. The van der Waals surface area contributed by atoms with Crippen molar-refractivity contribution in [2.24, 2.45) is 0 Å². The van der Waals surface area contributed by atoms with Crippen LogP contribution in [-0.2, 0) is 5.75 Å². The summed E-state index contributed by atoms with van der Waals surface area (Å²) in [5.74, 6) is 0.746. The molecule has 0 unspecified atom stereocenters. The Bertz CT molecular complexity index is 1010. The van der Waals surface area contributed by atoms with Crippen LogP contribution in [-0.4, -0.2) is 19.4 Å². The molecule has 0 radical (unpaired) electrons. The van der Waals surface area contributed by atoms with Crippen molar-refractivity contribution in [2.75, 3.05) is 0 Å². The molecule has 0 atom stereocenters. The van der Waals surface area contributed by atoms with Crippen molar-refractivity contribution in [3.05, 3.63) is 64.7 Å². The Morgan fingerprint density at radius 1 is 1.00 bits per heavy atom. The number of hydrogen-bond donors (Lipinski definition) is 0. The van der Waals surface area contributed by atoms with Gasteiger partial charge in [-0.3, -0.25) is 4.40 Å². The van der Waals surface area contributed by atoms with E-state index in [-0.39, 0.29) is 0 Å². The van der Waals surface area contributed by atoms with Crippen LogP contribution < -0.4 is 0 Å². The van der Waals surface area contributed by atoms with E-state index in [2.05, 4.69) is 25.9 Å². The number of aryl methyl sites for hydroxylation is 1. The van der Waals surface area contributed by atoms with Crippen molar-refractivity contribution in [1.29, 1.82) is 0 Å². The highest BCUT2D eigenvalue weighted by molar-refractivity contribution is 9.10. The molecule has 0 aliphatic carbocycles. The van der Waals surface area contributed by atoms with E-state index in [1.165, 1.54) is 0 Å². The molecule has 3 aromatic heterocycles. The average Bonchev–Trinajstić information content (AvgIpc) is 2.89. The number of imidazole rings is 1. The Morgan fingerprint density at radius 2 is 1.74 bits per heavy atom. The molecule has 114 valence electrons. The summed E-state index contributed by atoms with van der Waals surface area (Å²) in [7, 11) is 0. The molecule has 23 heavy (non-hydrogen) atoms. The van der Waals surface area contributed by atoms with E-state index < -0.39 is 0 Å². The maximum absolute atomic E-state index is 4.72. The summed E-state index contributed by atoms with van der Waals surface area (Å²) in [6.07, 6.45) is 2.00. The number of nitrogens with zero attached hydrogens (tertiary/aromatic N) is 4. The van der Waals surface area contributed by atoms with Gasteiger partial charge in [-0.05, 0) is 47.1 Å². The fourth-order valence-electron chi connectivity index (χ4n) is 2.45. The van der Waals surface area contributed by atoms with Crippen molar-refractivity contribution in [2.45, 2.75) is 17.7 Å². The van der Waals surface area contributed by atoms with E-state index in [1.54, 1.807) is 11.8 Å². The van der Waals surface area contributed by atoms with Gasteiger partial charge in [-0.1, -0.05) is 30.0 Å². The van der Waals surface area contributed by atoms with Gasteiger partial charge in [-0.15, -0.1) is 0 Å². The van der Waals surface area contributed by atoms with E-state index >= 15 is 0 Å². The zero-order valence-electron chi connectivity index (χ0n) is 12.4. The first kappa shape index (κ1) is 14.7. The molecule has 0 aliphatic heterocycles. The molecule has 0 fully saturated rings. The molecule has 0 spiro atoms. The first-order valence-corrected chi connectivity index (χ1v) is 8.98. The van der Waals surface area contributed by atoms with Crippen LogP contribution in [0.4, 0.5) is 0 Å². The third-order valence-corrected chi connectivity index (χ3v) is 5.50. The number of aromatic nitrogens is 4. The second kappa shape index (κ2) is 5.94. The van der Waals surface area contributed by atoms with Crippen LogP contribution in [0.25, 0.3) is 16.7 Å². The molecule has 1 aromatic carbocycles. The molecule has 0 amide bonds. The van der Waals surface area contributed by atoms with Crippen molar-refractivity contribution < 1.29 is 0 Å². The highest BCUT2D eigenvalue weighted by Crippen LogP contribution is 2.28. The minimum absolute atomic E-state index is 0.746. The third-order valence-electron chi connectivity index (χ3n) is 3.58. The number of pyridine rings is 1. The normalized spacial score (nSPS) is 11.4. The molecule has 4 aromatic rings. The minimum atomic E-state index is 0.746. The molecular weight excluding hydrogens is 372 g/mol. The van der Waals surface area contributed by atoms with E-state index in [1.807, 2.05) is 60.0 Å². The van der Waals surface area contributed by atoms with Gasteiger partial charge >= 0.3 is 0 Å². The highest BCUT2D eigenvalue weighted by atomic mass is 79.9. The van der Waals surface area contributed by atoms with Crippen molar-refractivity contribution in [1.82, 2.24) is 19.4 Å². The fourth-order valence-corrected chi connectivity index (χ4v) is 4.06. The van der Waals surface area contributed by atoms with Crippen LogP contribution in [0.1, 0.15) is 11.4 Å². The number of para-hydroxylation sites is 2. The van der Waals surface area contributed by atoms with Crippen LogP contribution >= 0.6 is 27.7 Å². The molecule has 3 heterocycles. The topological polar surface area (TPSA) is 43.1 Å². The molecule has 0 saturated carbocycles. The fraction of sp³-hybridized carbons (Fsp3) is 0.118. The van der Waals surface area contributed by atoms with Gasteiger partial charge in [-0.25, -0.2) is 15.0 Å². The largest absolute Gasteiger partial charge is 0.294 e. The van der Waals surface area contributed by atoms with Gasteiger partial charge in [0.2, 0.25) is 0 Å². The lowest BCUT2D eigenvalue weighted by Gasteiger charge is -2.05. The van der Waals surface area contributed by atoms with Crippen LogP contribution in [0.15, 0.2) is 58.3 Å². The monoisotopic (exact) mass is 384 g/mol. The van der Waals surface area contributed by atoms with Gasteiger partial charge in [0, 0.05) is 11.9 Å². The molecular formula is C17H13BrN4S. The predicted molar refractivity (Wildman–Crippen MR) is 96.7 cm³/mol. The smallest absolute Gasteiger partial charge is 0.137 e. The van der Waals surface area contributed by atoms with Crippen molar-refractivity contribution in [3.8, 4) is 0 Å². The van der Waals surface area contributed by atoms with Gasteiger partial charge in [0.1, 0.15) is 15.3 Å². The summed E-state index contributed by atoms with van der Waals surface area (Å²) in [6.45, 7) is 2.00. The number of rotatable bonds is 3. The zero-order chi connectivity index (χ0) is 15.8. The predicted octanol–water partition coefficient (Wildman–Crippen LogP) is 4.64. The van der Waals surface area contributed by atoms with E-state index in [4.69, 9.17) is 4.98 Å². The Balaban J connectivity index is 1.65. The van der Waals surface area contributed by atoms with Gasteiger partial charge in [0.25, 0.3) is 0 Å². The molecule has 0 bridgehead atoms. The maximum Gasteiger partial charge on any atom is 0.137 e. The summed E-state index contributed by atoms with van der Waals surface area (Å²) in [5.41, 5.74) is 4.76. The zero-order valence-corrected chi connectivity index (χ0v) is 14.8. The Hall–Kier alpha value is -1.92. The number of fused-ring (bicyclic) bond motifs is 2. The van der Waals surface area contributed by atoms with Crippen LogP contribution in [0, 0.1) is 6.92 Å². The molecule has 0 saturated heterocycles. The summed E-state index contributed by atoms with van der Waals surface area (Å²) in [5, 5.41) is 0.952. The lowest BCUT2D eigenvalue weighted by Crippen LogP contribution is -1.93. The number of thioether (sulfide) groups is 1. The number of benzene rings is 1. The summed E-state index contributed by atoms with van der Waals surface area (Å²) < 4.78 is 3.03. The SMILES string of the molecule is Cc1nc2ccccc2nc1SCc1nc2ccccn2c1Br.